The van der Waals surface area contributed by atoms with Crippen molar-refractivity contribution >= 4 is 57.8 Å². The number of ketones is 1. The molecule has 0 radical (unpaired) electrons. The summed E-state index contributed by atoms with van der Waals surface area (Å²) in [7, 11) is 3.95. The third kappa shape index (κ3) is 4.98. The summed E-state index contributed by atoms with van der Waals surface area (Å²) in [6.45, 7) is 4.20. The number of hydrogen-bond acceptors (Lipinski definition) is 4. The van der Waals surface area contributed by atoms with Crippen LogP contribution in [0, 0.1) is 5.41 Å². The van der Waals surface area contributed by atoms with Crippen LogP contribution in [0.4, 0.5) is 27.5 Å². The largest absolute Gasteiger partial charge is 0.378 e. The van der Waals surface area contributed by atoms with Crippen LogP contribution in [0.25, 0.3) is 0 Å². The molecule has 1 atom stereocenters. The number of amides is 2. The monoisotopic (exact) mass is 548 g/mol. The van der Waals surface area contributed by atoms with Gasteiger partial charge in [0.1, 0.15) is 0 Å². The Morgan fingerprint density at radius 2 is 1.71 bits per heavy atom. The summed E-state index contributed by atoms with van der Waals surface area (Å²) in [4.78, 5) is 31.6. The van der Waals surface area contributed by atoms with E-state index in [4.69, 9.17) is 23.2 Å². The van der Waals surface area contributed by atoms with E-state index in [2.05, 4.69) is 24.5 Å². The van der Waals surface area contributed by atoms with E-state index >= 15 is 0 Å². The maximum absolute atomic E-state index is 14.1. The number of allylic oxidation sites excluding steroid dienone is 1. The zero-order valence-electron chi connectivity index (χ0n) is 21.8. The number of fused-ring (bicyclic) bond motifs is 1. The van der Waals surface area contributed by atoms with Gasteiger partial charge in [-0.3, -0.25) is 9.69 Å². The average molecular weight is 550 g/mol. The highest BCUT2D eigenvalue weighted by Crippen LogP contribution is 2.48. The summed E-state index contributed by atoms with van der Waals surface area (Å²) in [5.41, 5.74) is 5.08. The maximum Gasteiger partial charge on any atom is 0.327 e. The molecule has 2 aliphatic rings. The van der Waals surface area contributed by atoms with Gasteiger partial charge in [0.2, 0.25) is 0 Å². The maximum atomic E-state index is 14.1. The first-order valence-corrected chi connectivity index (χ1v) is 13.2. The van der Waals surface area contributed by atoms with Gasteiger partial charge in [0.15, 0.2) is 5.78 Å². The molecule has 1 aliphatic carbocycles. The molecule has 3 aromatic rings. The van der Waals surface area contributed by atoms with Gasteiger partial charge in [-0.15, -0.1) is 0 Å². The lowest BCUT2D eigenvalue weighted by atomic mass is 9.73. The number of para-hydroxylation sites is 2. The molecule has 0 fully saturated rings. The SMILES string of the molecule is CN(C)c1ccc([C@@H]2C3=C(CC(C)(C)CC3=O)Nc3ccccc3N2C(=O)Nc2ccc(Cl)c(Cl)c2)cc1. The predicted octanol–water partition coefficient (Wildman–Crippen LogP) is 7.91. The van der Waals surface area contributed by atoms with Crippen molar-refractivity contribution in [2.45, 2.75) is 32.7 Å². The van der Waals surface area contributed by atoms with E-state index in [1.807, 2.05) is 67.5 Å². The molecule has 0 saturated carbocycles. The second kappa shape index (κ2) is 10.0. The number of carbonyl (C=O) groups is 2. The van der Waals surface area contributed by atoms with Gasteiger partial charge in [-0.2, -0.15) is 0 Å². The first-order valence-electron chi connectivity index (χ1n) is 12.5. The lowest BCUT2D eigenvalue weighted by Crippen LogP contribution is -2.41. The van der Waals surface area contributed by atoms with Crippen LogP contribution in [0.2, 0.25) is 10.0 Å². The zero-order valence-corrected chi connectivity index (χ0v) is 23.3. The Bertz CT molecular complexity index is 1450. The molecule has 0 unspecified atom stereocenters. The number of carbonyl (C=O) groups excluding carboxylic acids is 2. The van der Waals surface area contributed by atoms with Crippen molar-refractivity contribution in [2.24, 2.45) is 5.41 Å². The average Bonchev–Trinajstić information content (AvgIpc) is 3.00. The molecule has 0 aromatic heterocycles. The fraction of sp³-hybridized carbons (Fsp3) is 0.267. The Hall–Kier alpha value is -3.48. The number of urea groups is 1. The van der Waals surface area contributed by atoms with Gasteiger partial charge in [-0.25, -0.2) is 4.79 Å². The van der Waals surface area contributed by atoms with Crippen LogP contribution in [0.15, 0.2) is 78.0 Å². The third-order valence-electron chi connectivity index (χ3n) is 7.02. The van der Waals surface area contributed by atoms with Gasteiger partial charge in [0.25, 0.3) is 0 Å². The molecule has 6 nitrogen and oxygen atoms in total. The molecule has 2 N–H and O–H groups in total. The van der Waals surface area contributed by atoms with E-state index in [-0.39, 0.29) is 17.2 Å². The quantitative estimate of drug-likeness (QED) is 0.349. The molecule has 1 aliphatic heterocycles. The summed E-state index contributed by atoms with van der Waals surface area (Å²) in [5.74, 6) is 0.0329. The predicted molar refractivity (Wildman–Crippen MR) is 157 cm³/mol. The molecule has 1 heterocycles. The Morgan fingerprint density at radius 3 is 2.39 bits per heavy atom. The minimum absolute atomic E-state index is 0.0329. The molecular formula is C30H30Cl2N4O2. The molecule has 0 saturated heterocycles. The van der Waals surface area contributed by atoms with Crippen molar-refractivity contribution in [3.8, 4) is 0 Å². The van der Waals surface area contributed by atoms with E-state index in [0.29, 0.717) is 39.8 Å². The molecule has 38 heavy (non-hydrogen) atoms. The zero-order chi connectivity index (χ0) is 27.2. The number of benzene rings is 3. The van der Waals surface area contributed by atoms with Crippen LogP contribution in [0.3, 0.4) is 0 Å². The van der Waals surface area contributed by atoms with Crippen molar-refractivity contribution < 1.29 is 9.59 Å². The van der Waals surface area contributed by atoms with Gasteiger partial charge in [0.05, 0.1) is 27.5 Å². The molecule has 0 spiro atoms. The normalized spacial score (nSPS) is 18.2. The summed E-state index contributed by atoms with van der Waals surface area (Å²) < 4.78 is 0. The van der Waals surface area contributed by atoms with Gasteiger partial charge in [-0.1, -0.05) is 61.3 Å². The van der Waals surface area contributed by atoms with Crippen LogP contribution in [0.5, 0.6) is 0 Å². The van der Waals surface area contributed by atoms with Gasteiger partial charge >= 0.3 is 6.03 Å². The van der Waals surface area contributed by atoms with Crippen molar-refractivity contribution in [1.82, 2.24) is 0 Å². The van der Waals surface area contributed by atoms with Gasteiger partial charge in [-0.05, 0) is 59.9 Å². The standard InChI is InChI=1S/C30H30Cl2N4O2/c1-30(2)16-24-27(26(37)17-30)28(18-9-12-20(13-10-18)35(3)4)36(25-8-6-5-7-23(25)34-24)29(38)33-19-11-14-21(31)22(32)15-19/h5-15,28,34H,16-17H2,1-4H3,(H,33,38)/t28-/m1/s1. The van der Waals surface area contributed by atoms with Gasteiger partial charge in [0, 0.05) is 43.2 Å². The minimum Gasteiger partial charge on any atom is -0.378 e. The van der Waals surface area contributed by atoms with Gasteiger partial charge < -0.3 is 15.5 Å². The topological polar surface area (TPSA) is 64.7 Å². The smallest absolute Gasteiger partial charge is 0.327 e. The molecule has 8 heteroatoms. The summed E-state index contributed by atoms with van der Waals surface area (Å²) >= 11 is 12.3. The second-order valence-corrected chi connectivity index (χ2v) is 11.6. The van der Waals surface area contributed by atoms with Crippen LogP contribution in [0.1, 0.15) is 38.3 Å². The van der Waals surface area contributed by atoms with Crippen molar-refractivity contribution in [3.05, 3.63) is 93.6 Å². The second-order valence-electron chi connectivity index (χ2n) is 10.8. The van der Waals surface area contributed by atoms with E-state index in [1.54, 1.807) is 23.1 Å². The molecular weight excluding hydrogens is 519 g/mol. The lowest BCUT2D eigenvalue weighted by molar-refractivity contribution is -0.118. The van der Waals surface area contributed by atoms with E-state index in [1.165, 1.54) is 0 Å². The van der Waals surface area contributed by atoms with Crippen LogP contribution < -0.4 is 20.4 Å². The molecule has 3 aromatic carbocycles. The molecule has 5 rings (SSSR count). The molecule has 196 valence electrons. The molecule has 0 bridgehead atoms. The fourth-order valence-electron chi connectivity index (χ4n) is 5.24. The molecule has 2 amide bonds. The van der Waals surface area contributed by atoms with Crippen LogP contribution in [-0.2, 0) is 4.79 Å². The summed E-state index contributed by atoms with van der Waals surface area (Å²) in [6.07, 6.45) is 1.09. The van der Waals surface area contributed by atoms with Crippen molar-refractivity contribution in [1.29, 1.82) is 0 Å². The third-order valence-corrected chi connectivity index (χ3v) is 7.75. The first-order chi connectivity index (χ1) is 18.0. The number of Topliss-reactive ketones (excluding diaryl/α,β-unsaturated/α-hetero) is 1. The van der Waals surface area contributed by atoms with Crippen LogP contribution >= 0.6 is 23.2 Å². The minimum atomic E-state index is -0.635. The highest BCUT2D eigenvalue weighted by Gasteiger charge is 2.43. The Labute approximate surface area is 233 Å². The first kappa shape index (κ1) is 26.1. The fourth-order valence-corrected chi connectivity index (χ4v) is 5.54. The number of nitrogens with zero attached hydrogens (tertiary/aromatic N) is 2. The number of hydrogen-bond donors (Lipinski definition) is 2. The number of anilines is 4. The van der Waals surface area contributed by atoms with Crippen LogP contribution in [-0.4, -0.2) is 25.9 Å². The highest BCUT2D eigenvalue weighted by molar-refractivity contribution is 6.42. The Balaban J connectivity index is 1.70. The van der Waals surface area contributed by atoms with E-state index in [0.717, 1.165) is 22.6 Å². The highest BCUT2D eigenvalue weighted by atomic mass is 35.5. The Kier molecular flexibility index (Phi) is 6.88. The Morgan fingerprint density at radius 1 is 1.00 bits per heavy atom. The summed E-state index contributed by atoms with van der Waals surface area (Å²) in [5, 5.41) is 7.25. The number of nitrogens with one attached hydrogen (secondary N) is 2. The van der Waals surface area contributed by atoms with E-state index < -0.39 is 6.04 Å². The summed E-state index contributed by atoms with van der Waals surface area (Å²) in [6, 6.07) is 19.6. The number of halogens is 2. The van der Waals surface area contributed by atoms with Crippen molar-refractivity contribution in [3.63, 3.8) is 0 Å². The lowest BCUT2D eigenvalue weighted by Gasteiger charge is -2.37. The number of rotatable bonds is 3. The van der Waals surface area contributed by atoms with E-state index in [9.17, 15) is 9.59 Å². The van der Waals surface area contributed by atoms with Crippen molar-refractivity contribution in [2.75, 3.05) is 34.5 Å².